The first kappa shape index (κ1) is 105. The number of carbonyl (C=O) groups is 5. The molecule has 5 N–H and O–H groups in total. The molecule has 10 heterocycles. The summed E-state index contributed by atoms with van der Waals surface area (Å²) in [5.41, 5.74) is 14.9. The fourth-order valence-electron chi connectivity index (χ4n) is 17.1. The minimum absolute atomic E-state index is 0.0167. The zero-order chi connectivity index (χ0) is 97.2. The molecule has 5 aromatic heterocycles. The SMILES string of the molecule is CCCCCCOc1ccc([C@]2(C)CC(c3ccc(C)s3)=C(C)C(=O)N2)cc1.CCCCCOc1ccc([C@]2(C)CC(c3ccc(OC)nc3)=C(C)C(=O)N2)cc1.CCCCOc1ccc([C@]2(C)CC(c3cc(C)cs3)=C(C)C(=O)N2)cc1.CCCCOc1ccc([C@]2(C)CC(c3ccc(C)s3)=C(C)C(=O)N2)cc1.CCCCOc1ccc([C@]2(C)CC(c3ccc(Cl)s3)=C(C)C(=O)N2)cc1. The summed E-state index contributed by atoms with van der Waals surface area (Å²) in [6.07, 6.45) is 20.3. The van der Waals surface area contributed by atoms with Crippen molar-refractivity contribution >= 4 is 114 Å². The Morgan fingerprint density at radius 3 is 0.874 bits per heavy atom. The van der Waals surface area contributed by atoms with Crippen molar-refractivity contribution in [1.29, 1.82) is 0 Å². The van der Waals surface area contributed by atoms with Crippen LogP contribution in [0.4, 0.5) is 0 Å². The minimum Gasteiger partial charge on any atom is -0.494 e. The van der Waals surface area contributed by atoms with Gasteiger partial charge in [0.2, 0.25) is 35.4 Å². The quantitative estimate of drug-likeness (QED) is 0.0238. The number of rotatable bonds is 34. The molecule has 0 bridgehead atoms. The average Bonchev–Trinajstić information content (AvgIpc) is 1.58. The Balaban J connectivity index is 0.000000162. The van der Waals surface area contributed by atoms with Crippen molar-refractivity contribution in [3.05, 3.63) is 288 Å². The van der Waals surface area contributed by atoms with Crippen LogP contribution in [0, 0.1) is 20.8 Å². The molecule has 0 saturated heterocycles. The molecule has 718 valence electrons. The van der Waals surface area contributed by atoms with Crippen LogP contribution in [0.15, 0.2) is 215 Å². The van der Waals surface area contributed by atoms with Crippen LogP contribution in [-0.4, -0.2) is 74.7 Å². The molecule has 0 saturated carbocycles. The Hall–Kier alpha value is -10.8. The van der Waals surface area contributed by atoms with E-state index in [2.05, 4.69) is 194 Å². The average molecular weight is 1920 g/mol. The summed E-state index contributed by atoms with van der Waals surface area (Å²) >= 11 is 12.8. The number of hydrogen-bond donors (Lipinski definition) is 5. The van der Waals surface area contributed by atoms with Gasteiger partial charge in [0.05, 0.1) is 72.2 Å². The first-order valence-electron chi connectivity index (χ1n) is 47.9. The first-order valence-corrected chi connectivity index (χ1v) is 51.6. The van der Waals surface area contributed by atoms with E-state index >= 15 is 0 Å². The minimum atomic E-state index is -0.493. The Bertz CT molecular complexity index is 5510. The number of benzene rings is 5. The maximum Gasteiger partial charge on any atom is 0.247 e. The third-order valence-electron chi connectivity index (χ3n) is 25.9. The van der Waals surface area contributed by atoms with Gasteiger partial charge in [-0.15, -0.1) is 45.3 Å². The van der Waals surface area contributed by atoms with Crippen LogP contribution in [0.5, 0.6) is 34.6 Å². The number of nitrogens with one attached hydrogen (secondary N) is 5. The van der Waals surface area contributed by atoms with Gasteiger partial charge in [-0.3, -0.25) is 24.0 Å². The molecular formula is C113H139ClN6O11S4. The van der Waals surface area contributed by atoms with Crippen molar-refractivity contribution in [2.45, 2.75) is 268 Å². The van der Waals surface area contributed by atoms with Gasteiger partial charge in [0.25, 0.3) is 0 Å². The Kier molecular flexibility index (Phi) is 37.8. The maximum atomic E-state index is 12.7. The van der Waals surface area contributed by atoms with Crippen molar-refractivity contribution in [2.24, 2.45) is 0 Å². The molecule has 135 heavy (non-hydrogen) atoms. The van der Waals surface area contributed by atoms with Crippen LogP contribution in [0.25, 0.3) is 27.9 Å². The predicted octanol–water partition coefficient (Wildman–Crippen LogP) is 27.8. The largest absolute Gasteiger partial charge is 0.494 e. The van der Waals surface area contributed by atoms with E-state index in [0.717, 1.165) is 237 Å². The fraction of sp³-hybridized carbons (Fsp3) is 0.416. The van der Waals surface area contributed by atoms with Gasteiger partial charge < -0.3 is 55.0 Å². The number of thiophene rings is 4. The number of nitrogens with zero attached hydrogens (tertiary/aromatic N) is 1. The molecule has 0 aliphatic carbocycles. The number of hydrogen-bond acceptors (Lipinski definition) is 16. The van der Waals surface area contributed by atoms with E-state index < -0.39 is 27.7 Å². The Labute approximate surface area is 822 Å². The summed E-state index contributed by atoms with van der Waals surface area (Å²) in [5, 5.41) is 18.1. The molecule has 5 amide bonds. The van der Waals surface area contributed by atoms with E-state index in [1.807, 2.05) is 144 Å². The molecule has 15 rings (SSSR count). The van der Waals surface area contributed by atoms with Gasteiger partial charge in [0, 0.05) is 101 Å². The van der Waals surface area contributed by atoms with Crippen LogP contribution in [0.1, 0.15) is 288 Å². The van der Waals surface area contributed by atoms with Crippen LogP contribution >= 0.6 is 56.9 Å². The van der Waals surface area contributed by atoms with Gasteiger partial charge in [0.1, 0.15) is 28.7 Å². The normalized spacial score (nSPS) is 19.9. The van der Waals surface area contributed by atoms with Crippen molar-refractivity contribution < 1.29 is 52.4 Å². The molecule has 5 atom stereocenters. The third kappa shape index (κ3) is 27.8. The molecule has 0 unspecified atom stereocenters. The first-order chi connectivity index (χ1) is 64.7. The Morgan fingerprint density at radius 1 is 0.326 bits per heavy atom. The number of aromatic nitrogens is 1. The van der Waals surface area contributed by atoms with Crippen LogP contribution in [0.3, 0.4) is 0 Å². The summed E-state index contributed by atoms with van der Waals surface area (Å²) in [6, 6.07) is 58.9. The van der Waals surface area contributed by atoms with E-state index in [4.69, 9.17) is 40.0 Å². The van der Waals surface area contributed by atoms with E-state index in [1.54, 1.807) is 47.3 Å². The molecular weight excluding hydrogens is 1780 g/mol. The second-order valence-electron chi connectivity index (χ2n) is 37.0. The second kappa shape index (κ2) is 48.8. The highest BCUT2D eigenvalue weighted by molar-refractivity contribution is 7.17. The molecule has 17 nitrogen and oxygen atoms in total. The molecule has 0 radical (unpaired) electrons. The zero-order valence-corrected chi connectivity index (χ0v) is 86.6. The van der Waals surface area contributed by atoms with Gasteiger partial charge in [-0.1, -0.05) is 158 Å². The Morgan fingerprint density at radius 2 is 0.607 bits per heavy atom. The summed E-state index contributed by atoms with van der Waals surface area (Å²) in [5.74, 6) is 4.92. The molecule has 22 heteroatoms. The highest BCUT2D eigenvalue weighted by Gasteiger charge is 2.42. The third-order valence-corrected chi connectivity index (χ3v) is 30.4. The fourth-order valence-corrected chi connectivity index (χ4v) is 21.2. The monoisotopic (exact) mass is 1920 g/mol. The number of unbranched alkanes of at least 4 members (excludes halogenated alkanes) is 8. The van der Waals surface area contributed by atoms with Gasteiger partial charge in [-0.2, -0.15) is 0 Å². The summed E-state index contributed by atoms with van der Waals surface area (Å²) < 4.78 is 34.8. The number of carbonyl (C=O) groups excluding carboxylic acids is 5. The zero-order valence-electron chi connectivity index (χ0n) is 82.6. The predicted molar refractivity (Wildman–Crippen MR) is 559 cm³/mol. The lowest BCUT2D eigenvalue weighted by atomic mass is 9.79. The van der Waals surface area contributed by atoms with E-state index in [1.165, 1.54) is 73.4 Å². The summed E-state index contributed by atoms with van der Waals surface area (Å²) in [4.78, 5) is 74.7. The standard InChI is InChI=1S/C24H30N2O3.C24H31NO2S.2C22H27NO2S.C21H24ClNO2S/c1-5-6-7-14-29-20-11-9-19(10-12-20)24(3)15-21(17(2)23(27)26-24)18-8-13-22(28-4)25-16-18;1-5-6-7-8-15-27-20-12-10-19(11-13-20)24(4)16-21(18(3)23(26)25-24)22-14-9-17(2)28-22;1-5-6-13-25-18-10-8-17(9-11-18)22(4)14-19(16(3)21(24)23-22)20-12-7-15(2)26-20;1-5-6-11-25-18-9-7-17(8-10-18)22(4)13-19(16(3)21(24)23-22)20-12-15(2)14-26-20;1-4-5-12-25-16-8-6-15(7-9-16)21(3)13-17(14(2)20(24)23-21)18-10-11-19(22)26-18/h8-13,16H,5-7,14-15H2,1-4H3,(H,26,27);9-14H,5-8,15-16H2,1-4H3,(H,25,26);7-12H,5-6,13-14H2,1-4H3,(H,23,24);7-10,12,14H,5-6,11,13H2,1-4H3,(H,23,24);6-11H,4-5,12-13H2,1-3H3,(H,23,24)/t2*24-;2*22-;21-/m00000/s1. The highest BCUT2D eigenvalue weighted by Crippen LogP contribution is 2.47. The molecule has 0 fully saturated rings. The van der Waals surface area contributed by atoms with Gasteiger partial charge in [0.15, 0.2) is 0 Å². The topological polar surface area (TPSA) is 214 Å². The smallest absolute Gasteiger partial charge is 0.247 e. The van der Waals surface area contributed by atoms with Gasteiger partial charge >= 0.3 is 0 Å². The van der Waals surface area contributed by atoms with E-state index in [-0.39, 0.29) is 29.5 Å². The van der Waals surface area contributed by atoms with E-state index in [9.17, 15) is 24.0 Å². The van der Waals surface area contributed by atoms with Crippen LogP contribution in [0.2, 0.25) is 4.34 Å². The van der Waals surface area contributed by atoms with Crippen LogP contribution < -0.4 is 55.0 Å². The van der Waals surface area contributed by atoms with E-state index in [0.29, 0.717) is 12.3 Å². The highest BCUT2D eigenvalue weighted by atomic mass is 35.5. The van der Waals surface area contributed by atoms with Crippen molar-refractivity contribution in [2.75, 3.05) is 40.1 Å². The van der Waals surface area contributed by atoms with Crippen LogP contribution in [-0.2, 0) is 51.7 Å². The molecule has 5 aliphatic rings. The number of methoxy groups -OCH3 is 1. The maximum absolute atomic E-state index is 12.7. The molecule has 5 aliphatic heterocycles. The summed E-state index contributed by atoms with van der Waals surface area (Å²) in [7, 11) is 1.59. The van der Waals surface area contributed by atoms with Crippen molar-refractivity contribution in [1.82, 2.24) is 31.6 Å². The lowest BCUT2D eigenvalue weighted by Gasteiger charge is -2.37. The number of amides is 5. The number of aryl methyl sites for hydroxylation is 3. The number of halogens is 1. The van der Waals surface area contributed by atoms with Gasteiger partial charge in [-0.05, 0) is 303 Å². The molecule has 10 aromatic rings. The van der Waals surface area contributed by atoms with Gasteiger partial charge in [-0.25, -0.2) is 4.98 Å². The molecule has 5 aromatic carbocycles. The number of ether oxygens (including phenoxy) is 6. The van der Waals surface area contributed by atoms with Crippen molar-refractivity contribution in [3.8, 4) is 34.6 Å². The molecule has 0 spiro atoms. The summed E-state index contributed by atoms with van der Waals surface area (Å²) in [6.45, 7) is 40.8. The number of pyridine rings is 1. The lowest BCUT2D eigenvalue weighted by molar-refractivity contribution is -0.120. The lowest BCUT2D eigenvalue weighted by Crippen LogP contribution is -2.47. The van der Waals surface area contributed by atoms with Crippen molar-refractivity contribution in [3.63, 3.8) is 0 Å². The second-order valence-corrected chi connectivity index (χ2v) is 42.2.